The van der Waals surface area contributed by atoms with E-state index in [1.165, 1.54) is 18.2 Å². The van der Waals surface area contributed by atoms with Gasteiger partial charge >= 0.3 is 0 Å². The Morgan fingerprint density at radius 2 is 1.74 bits per heavy atom. The molecule has 0 radical (unpaired) electrons. The van der Waals surface area contributed by atoms with E-state index in [4.69, 9.17) is 39.9 Å². The lowest BCUT2D eigenvalue weighted by atomic mass is 10.2. The molecule has 0 bridgehead atoms. The van der Waals surface area contributed by atoms with E-state index in [0.717, 1.165) is 6.07 Å². The molecule has 23 heavy (non-hydrogen) atoms. The van der Waals surface area contributed by atoms with Crippen LogP contribution in [0.3, 0.4) is 0 Å². The molecule has 0 atom stereocenters. The lowest BCUT2D eigenvalue weighted by Gasteiger charge is -2.10. The predicted octanol–water partition coefficient (Wildman–Crippen LogP) is 3.69. The third-order valence-electron chi connectivity index (χ3n) is 2.75. The largest absolute Gasteiger partial charge is 0.321 e. The Morgan fingerprint density at radius 3 is 2.30 bits per heavy atom. The predicted molar refractivity (Wildman–Crippen MR) is 87.2 cm³/mol. The molecule has 0 aliphatic heterocycles. The van der Waals surface area contributed by atoms with Crippen molar-refractivity contribution in [2.45, 2.75) is 4.90 Å². The molecular formula is C13H8Cl3FN2O3S. The number of primary sulfonamides is 1. The van der Waals surface area contributed by atoms with Crippen LogP contribution < -0.4 is 10.5 Å². The van der Waals surface area contributed by atoms with Crippen LogP contribution in [0.15, 0.2) is 35.2 Å². The van der Waals surface area contributed by atoms with Crippen molar-refractivity contribution in [3.63, 3.8) is 0 Å². The third-order valence-corrected chi connectivity index (χ3v) is 4.68. The van der Waals surface area contributed by atoms with Gasteiger partial charge in [-0.3, -0.25) is 4.79 Å². The summed E-state index contributed by atoms with van der Waals surface area (Å²) in [5.74, 6) is -1.93. The molecule has 3 N–H and O–H groups in total. The van der Waals surface area contributed by atoms with Crippen LogP contribution in [-0.2, 0) is 10.0 Å². The molecule has 0 saturated heterocycles. The third kappa shape index (κ3) is 4.13. The van der Waals surface area contributed by atoms with Crippen molar-refractivity contribution in [2.24, 2.45) is 5.14 Å². The fourth-order valence-electron chi connectivity index (χ4n) is 1.70. The van der Waals surface area contributed by atoms with Crippen LogP contribution in [0, 0.1) is 5.82 Å². The number of halogens is 4. The normalized spacial score (nSPS) is 11.3. The summed E-state index contributed by atoms with van der Waals surface area (Å²) in [5, 5.41) is 7.37. The minimum atomic E-state index is -4.22. The number of nitrogens with one attached hydrogen (secondary N) is 1. The number of sulfonamides is 1. The van der Waals surface area contributed by atoms with Gasteiger partial charge in [0, 0.05) is 5.02 Å². The van der Waals surface area contributed by atoms with Crippen molar-refractivity contribution in [1.29, 1.82) is 0 Å². The van der Waals surface area contributed by atoms with E-state index in [0.29, 0.717) is 11.1 Å². The SMILES string of the molecule is NS(=O)(=O)c1cc(C(=O)Nc2ccc(Cl)cc2Cl)c(F)cc1Cl. The van der Waals surface area contributed by atoms with Crippen molar-refractivity contribution in [3.05, 3.63) is 56.8 Å². The van der Waals surface area contributed by atoms with Crippen LogP contribution in [0.4, 0.5) is 10.1 Å². The first kappa shape index (κ1) is 18.0. The average molecular weight is 398 g/mol. The number of carbonyl (C=O) groups is 1. The van der Waals surface area contributed by atoms with Crippen molar-refractivity contribution in [3.8, 4) is 0 Å². The summed E-state index contributed by atoms with van der Waals surface area (Å²) in [6, 6.07) is 5.71. The molecule has 0 unspecified atom stereocenters. The minimum absolute atomic E-state index is 0.131. The minimum Gasteiger partial charge on any atom is -0.321 e. The van der Waals surface area contributed by atoms with Crippen LogP contribution >= 0.6 is 34.8 Å². The lowest BCUT2D eigenvalue weighted by molar-refractivity contribution is 0.102. The van der Waals surface area contributed by atoms with Crippen LogP contribution in [-0.4, -0.2) is 14.3 Å². The summed E-state index contributed by atoms with van der Waals surface area (Å²) in [6.45, 7) is 0. The molecule has 0 aliphatic rings. The van der Waals surface area contributed by atoms with Crippen LogP contribution in [0.1, 0.15) is 10.4 Å². The number of amides is 1. The molecule has 0 spiro atoms. The average Bonchev–Trinajstić information content (AvgIpc) is 2.40. The highest BCUT2D eigenvalue weighted by Gasteiger charge is 2.21. The number of anilines is 1. The molecule has 2 rings (SSSR count). The monoisotopic (exact) mass is 396 g/mol. The first-order chi connectivity index (χ1) is 10.6. The van der Waals surface area contributed by atoms with E-state index in [1.807, 2.05) is 0 Å². The molecule has 2 aromatic rings. The van der Waals surface area contributed by atoms with Gasteiger partial charge in [-0.1, -0.05) is 34.8 Å². The zero-order chi connectivity index (χ0) is 17.4. The second-order valence-corrected chi connectivity index (χ2v) is 7.17. The highest BCUT2D eigenvalue weighted by Crippen LogP contribution is 2.28. The summed E-state index contributed by atoms with van der Waals surface area (Å²) in [5.41, 5.74) is -0.378. The van der Waals surface area contributed by atoms with Gasteiger partial charge in [0.15, 0.2) is 0 Å². The fourth-order valence-corrected chi connectivity index (χ4v) is 3.24. The van der Waals surface area contributed by atoms with E-state index in [9.17, 15) is 17.6 Å². The smallest absolute Gasteiger partial charge is 0.258 e. The van der Waals surface area contributed by atoms with E-state index in [1.54, 1.807) is 0 Å². The Labute approximate surface area is 146 Å². The highest BCUT2D eigenvalue weighted by atomic mass is 35.5. The van der Waals surface area contributed by atoms with Gasteiger partial charge in [0.25, 0.3) is 5.91 Å². The molecule has 0 heterocycles. The summed E-state index contributed by atoms with van der Waals surface area (Å²) in [6.07, 6.45) is 0. The second kappa shape index (κ2) is 6.62. The maximum Gasteiger partial charge on any atom is 0.258 e. The van der Waals surface area contributed by atoms with Gasteiger partial charge in [-0.15, -0.1) is 0 Å². The first-order valence-electron chi connectivity index (χ1n) is 5.88. The maximum absolute atomic E-state index is 13.9. The summed E-state index contributed by atoms with van der Waals surface area (Å²) in [4.78, 5) is 11.6. The molecule has 0 saturated carbocycles. The van der Waals surface area contributed by atoms with Crippen molar-refractivity contribution < 1.29 is 17.6 Å². The second-order valence-electron chi connectivity index (χ2n) is 4.39. The molecule has 0 aliphatic carbocycles. The number of rotatable bonds is 3. The zero-order valence-corrected chi connectivity index (χ0v) is 14.2. The topological polar surface area (TPSA) is 89.3 Å². The van der Waals surface area contributed by atoms with E-state index in [2.05, 4.69) is 5.32 Å². The summed E-state index contributed by atoms with van der Waals surface area (Å²) < 4.78 is 36.7. The molecule has 2 aromatic carbocycles. The molecule has 0 fully saturated rings. The summed E-state index contributed by atoms with van der Waals surface area (Å²) >= 11 is 17.3. The number of hydrogen-bond acceptors (Lipinski definition) is 3. The first-order valence-corrected chi connectivity index (χ1v) is 8.56. The number of hydrogen-bond donors (Lipinski definition) is 2. The van der Waals surface area contributed by atoms with Gasteiger partial charge in [0.2, 0.25) is 10.0 Å². The van der Waals surface area contributed by atoms with Crippen molar-refractivity contribution >= 4 is 56.4 Å². The molecule has 1 amide bonds. The van der Waals surface area contributed by atoms with Crippen molar-refractivity contribution in [1.82, 2.24) is 0 Å². The summed E-state index contributed by atoms with van der Waals surface area (Å²) in [7, 11) is -4.22. The molecule has 122 valence electrons. The number of carbonyl (C=O) groups excluding carboxylic acids is 1. The number of benzene rings is 2. The number of nitrogens with two attached hydrogens (primary N) is 1. The Bertz CT molecular complexity index is 904. The molecule has 0 aromatic heterocycles. The molecule has 5 nitrogen and oxygen atoms in total. The Morgan fingerprint density at radius 1 is 1.09 bits per heavy atom. The Hall–Kier alpha value is -1.38. The van der Waals surface area contributed by atoms with Crippen LogP contribution in [0.5, 0.6) is 0 Å². The fraction of sp³-hybridized carbons (Fsp3) is 0. The van der Waals surface area contributed by atoms with E-state index in [-0.39, 0.29) is 10.7 Å². The van der Waals surface area contributed by atoms with Gasteiger partial charge in [-0.25, -0.2) is 17.9 Å². The van der Waals surface area contributed by atoms with E-state index < -0.39 is 37.2 Å². The van der Waals surface area contributed by atoms with Gasteiger partial charge < -0.3 is 5.32 Å². The van der Waals surface area contributed by atoms with Gasteiger partial charge in [0.05, 0.1) is 21.3 Å². The van der Waals surface area contributed by atoms with E-state index >= 15 is 0 Å². The van der Waals surface area contributed by atoms with Crippen LogP contribution in [0.25, 0.3) is 0 Å². The highest BCUT2D eigenvalue weighted by molar-refractivity contribution is 7.89. The van der Waals surface area contributed by atoms with Crippen molar-refractivity contribution in [2.75, 3.05) is 5.32 Å². The molecular weight excluding hydrogens is 390 g/mol. The zero-order valence-electron chi connectivity index (χ0n) is 11.1. The quantitative estimate of drug-likeness (QED) is 0.828. The van der Waals surface area contributed by atoms with Gasteiger partial charge in [-0.2, -0.15) is 0 Å². The van der Waals surface area contributed by atoms with Gasteiger partial charge in [-0.05, 0) is 30.3 Å². The van der Waals surface area contributed by atoms with Gasteiger partial charge in [0.1, 0.15) is 10.7 Å². The Kier molecular flexibility index (Phi) is 5.17. The Balaban J connectivity index is 2.43. The van der Waals surface area contributed by atoms with Crippen LogP contribution in [0.2, 0.25) is 15.1 Å². The molecule has 10 heteroatoms. The maximum atomic E-state index is 13.9. The lowest BCUT2D eigenvalue weighted by Crippen LogP contribution is -2.18. The standard InChI is InChI=1S/C13H8Cl3FN2O3S/c14-6-1-2-11(8(15)3-6)19-13(20)7-4-12(23(18,21)22)9(16)5-10(7)17/h1-5H,(H,19,20)(H2,18,21,22).